The van der Waals surface area contributed by atoms with Crippen molar-refractivity contribution in [2.75, 3.05) is 13.7 Å². The largest absolute Gasteiger partial charge is 0.467 e. The van der Waals surface area contributed by atoms with Crippen molar-refractivity contribution >= 4 is 11.9 Å². The predicted molar refractivity (Wildman–Crippen MR) is 65.6 cm³/mol. The van der Waals surface area contributed by atoms with Gasteiger partial charge in [-0.1, -0.05) is 12.2 Å². The van der Waals surface area contributed by atoms with Crippen LogP contribution in [-0.4, -0.2) is 36.5 Å². The van der Waals surface area contributed by atoms with Crippen molar-refractivity contribution in [3.8, 4) is 0 Å². The summed E-state index contributed by atoms with van der Waals surface area (Å²) in [5.74, 6) is 0.995. The second-order valence-corrected chi connectivity index (χ2v) is 5.60. The van der Waals surface area contributed by atoms with Crippen molar-refractivity contribution in [3.63, 3.8) is 0 Å². The van der Waals surface area contributed by atoms with E-state index in [9.17, 15) is 9.59 Å². The summed E-state index contributed by atoms with van der Waals surface area (Å²) >= 11 is 0. The summed E-state index contributed by atoms with van der Waals surface area (Å²) in [6.45, 7) is 0.705. The van der Waals surface area contributed by atoms with Crippen molar-refractivity contribution in [1.29, 1.82) is 0 Å². The first-order valence-electron chi connectivity index (χ1n) is 6.77. The van der Waals surface area contributed by atoms with Crippen LogP contribution in [-0.2, 0) is 14.3 Å². The van der Waals surface area contributed by atoms with Gasteiger partial charge >= 0.3 is 5.97 Å². The van der Waals surface area contributed by atoms with Crippen molar-refractivity contribution in [1.82, 2.24) is 4.90 Å². The molecule has 1 amide bonds. The van der Waals surface area contributed by atoms with Gasteiger partial charge in [0.15, 0.2) is 0 Å². The highest BCUT2D eigenvalue weighted by molar-refractivity contribution is 5.87. The van der Waals surface area contributed by atoms with Crippen molar-refractivity contribution in [2.24, 2.45) is 17.8 Å². The molecule has 3 aliphatic rings. The highest BCUT2D eigenvalue weighted by atomic mass is 16.5. The average Bonchev–Trinajstić information content (AvgIpc) is 3.11. The molecule has 1 heterocycles. The molecule has 0 aromatic heterocycles. The summed E-state index contributed by atoms with van der Waals surface area (Å²) in [6.07, 6.45) is 8.14. The van der Waals surface area contributed by atoms with E-state index in [4.69, 9.17) is 4.74 Å². The molecule has 1 aliphatic heterocycles. The summed E-state index contributed by atoms with van der Waals surface area (Å²) in [6, 6.07) is -0.342. The second kappa shape index (κ2) is 4.41. The maximum absolute atomic E-state index is 12.6. The normalized spacial score (nSPS) is 37.3. The van der Waals surface area contributed by atoms with E-state index >= 15 is 0 Å². The third kappa shape index (κ3) is 1.74. The molecule has 1 saturated carbocycles. The number of ether oxygens (including phenoxy) is 1. The Morgan fingerprint density at radius 3 is 2.72 bits per heavy atom. The molecule has 0 spiro atoms. The van der Waals surface area contributed by atoms with Gasteiger partial charge in [-0.15, -0.1) is 0 Å². The van der Waals surface area contributed by atoms with E-state index in [-0.39, 0.29) is 23.8 Å². The molecule has 4 nitrogen and oxygen atoms in total. The minimum absolute atomic E-state index is 0.102. The zero-order chi connectivity index (χ0) is 12.7. The number of esters is 1. The summed E-state index contributed by atoms with van der Waals surface area (Å²) < 4.78 is 4.79. The number of rotatable bonds is 2. The molecular formula is C14H19NO3. The molecular weight excluding hydrogens is 230 g/mol. The van der Waals surface area contributed by atoms with Crippen LogP contribution in [0.2, 0.25) is 0 Å². The average molecular weight is 249 g/mol. The van der Waals surface area contributed by atoms with Gasteiger partial charge in [0.2, 0.25) is 5.91 Å². The van der Waals surface area contributed by atoms with Crippen LogP contribution in [0.5, 0.6) is 0 Å². The maximum Gasteiger partial charge on any atom is 0.328 e. The Morgan fingerprint density at radius 1 is 1.28 bits per heavy atom. The molecule has 4 heteroatoms. The molecule has 18 heavy (non-hydrogen) atoms. The fraction of sp³-hybridized carbons (Fsp3) is 0.714. The van der Waals surface area contributed by atoms with E-state index in [1.807, 2.05) is 0 Å². The SMILES string of the molecule is COC(=O)[C@@H]1CCCN1C(=O)[C@@H]1C[C@H]2C=C[C@@H]1C2. The Balaban J connectivity index is 1.72. The number of carbonyl (C=O) groups excluding carboxylic acids is 2. The summed E-state index contributed by atoms with van der Waals surface area (Å²) in [5.41, 5.74) is 0. The van der Waals surface area contributed by atoms with Gasteiger partial charge in [-0.3, -0.25) is 4.79 Å². The molecule has 0 radical (unpaired) electrons. The van der Waals surface area contributed by atoms with Crippen LogP contribution in [0.15, 0.2) is 12.2 Å². The summed E-state index contributed by atoms with van der Waals surface area (Å²) in [5, 5.41) is 0. The fourth-order valence-corrected chi connectivity index (χ4v) is 3.69. The topological polar surface area (TPSA) is 46.6 Å². The van der Waals surface area contributed by atoms with E-state index in [0.717, 1.165) is 25.7 Å². The van der Waals surface area contributed by atoms with Crippen LogP contribution in [0.4, 0.5) is 0 Å². The first-order chi connectivity index (χ1) is 8.70. The molecule has 0 N–H and O–H groups in total. The second-order valence-electron chi connectivity index (χ2n) is 5.60. The van der Waals surface area contributed by atoms with Crippen LogP contribution < -0.4 is 0 Å². The van der Waals surface area contributed by atoms with Gasteiger partial charge in [-0.25, -0.2) is 4.79 Å². The maximum atomic E-state index is 12.6. The highest BCUT2D eigenvalue weighted by Crippen LogP contribution is 2.44. The number of allylic oxidation sites excluding steroid dienone is 2. The number of carbonyl (C=O) groups is 2. The van der Waals surface area contributed by atoms with Crippen LogP contribution in [0.3, 0.4) is 0 Å². The van der Waals surface area contributed by atoms with E-state index < -0.39 is 0 Å². The van der Waals surface area contributed by atoms with Crippen LogP contribution >= 0.6 is 0 Å². The Bertz CT molecular complexity index is 404. The van der Waals surface area contributed by atoms with Crippen LogP contribution in [0.25, 0.3) is 0 Å². The van der Waals surface area contributed by atoms with Gasteiger partial charge in [0.25, 0.3) is 0 Å². The highest BCUT2D eigenvalue weighted by Gasteiger charge is 2.45. The molecule has 1 saturated heterocycles. The Morgan fingerprint density at radius 2 is 2.11 bits per heavy atom. The lowest BCUT2D eigenvalue weighted by atomic mass is 9.92. The predicted octanol–water partition coefficient (Wildman–Crippen LogP) is 1.36. The number of fused-ring (bicyclic) bond motifs is 2. The molecule has 0 unspecified atom stereocenters. The molecule has 0 aromatic rings. The minimum Gasteiger partial charge on any atom is -0.467 e. The molecule has 2 fully saturated rings. The molecule has 0 aromatic carbocycles. The number of amides is 1. The van der Waals surface area contributed by atoms with Gasteiger partial charge in [0, 0.05) is 12.5 Å². The lowest BCUT2D eigenvalue weighted by molar-refractivity contribution is -0.152. The minimum atomic E-state index is -0.342. The first-order valence-corrected chi connectivity index (χ1v) is 6.77. The van der Waals surface area contributed by atoms with Crippen LogP contribution in [0.1, 0.15) is 25.7 Å². The monoisotopic (exact) mass is 249 g/mol. The van der Waals surface area contributed by atoms with E-state index in [1.165, 1.54) is 7.11 Å². The molecule has 4 atom stereocenters. The summed E-state index contributed by atoms with van der Waals surface area (Å²) in [4.78, 5) is 26.0. The Kier molecular flexibility index (Phi) is 2.88. The van der Waals surface area contributed by atoms with Gasteiger partial charge in [-0.2, -0.15) is 0 Å². The van der Waals surface area contributed by atoms with Crippen molar-refractivity contribution in [3.05, 3.63) is 12.2 Å². The van der Waals surface area contributed by atoms with E-state index in [1.54, 1.807) is 4.90 Å². The zero-order valence-electron chi connectivity index (χ0n) is 10.7. The molecule has 2 bridgehead atoms. The lowest BCUT2D eigenvalue weighted by Gasteiger charge is -2.28. The van der Waals surface area contributed by atoms with Crippen molar-refractivity contribution < 1.29 is 14.3 Å². The number of nitrogens with zero attached hydrogens (tertiary/aromatic N) is 1. The number of likely N-dealkylation sites (tertiary alicyclic amines) is 1. The fourth-order valence-electron chi connectivity index (χ4n) is 3.69. The van der Waals surface area contributed by atoms with Crippen LogP contribution in [0, 0.1) is 17.8 Å². The van der Waals surface area contributed by atoms with Gasteiger partial charge in [-0.05, 0) is 37.5 Å². The number of hydrogen-bond donors (Lipinski definition) is 0. The van der Waals surface area contributed by atoms with Crippen molar-refractivity contribution in [2.45, 2.75) is 31.7 Å². The molecule has 2 aliphatic carbocycles. The van der Waals surface area contributed by atoms with Gasteiger partial charge in [0.1, 0.15) is 6.04 Å². The quantitative estimate of drug-likeness (QED) is 0.548. The third-order valence-electron chi connectivity index (χ3n) is 4.61. The number of hydrogen-bond acceptors (Lipinski definition) is 3. The summed E-state index contributed by atoms with van der Waals surface area (Å²) in [7, 11) is 1.39. The molecule has 98 valence electrons. The smallest absolute Gasteiger partial charge is 0.328 e. The Labute approximate surface area is 107 Å². The standard InChI is InChI=1S/C14H19NO3/c1-18-14(17)12-3-2-6-15(12)13(16)11-8-9-4-5-10(11)7-9/h4-5,9-12H,2-3,6-8H2,1H3/t9-,10+,11+,12-/m0/s1. The first kappa shape index (κ1) is 11.8. The van der Waals surface area contributed by atoms with E-state index in [2.05, 4.69) is 12.2 Å². The third-order valence-corrected chi connectivity index (χ3v) is 4.61. The van der Waals surface area contributed by atoms with E-state index in [0.29, 0.717) is 18.4 Å². The lowest BCUT2D eigenvalue weighted by Crippen LogP contribution is -2.44. The molecule has 3 rings (SSSR count). The number of methoxy groups -OCH3 is 1. The Hall–Kier alpha value is -1.32. The zero-order valence-corrected chi connectivity index (χ0v) is 10.7. The van der Waals surface area contributed by atoms with Gasteiger partial charge in [0.05, 0.1) is 7.11 Å². The van der Waals surface area contributed by atoms with Gasteiger partial charge < -0.3 is 9.64 Å².